The Morgan fingerprint density at radius 3 is 2.79 bits per heavy atom. The molecule has 1 aromatic carbocycles. The summed E-state index contributed by atoms with van der Waals surface area (Å²) in [5, 5.41) is 0. The van der Waals surface area contributed by atoms with E-state index in [1.165, 1.54) is 6.07 Å². The number of halogens is 1. The first-order valence-electron chi connectivity index (χ1n) is 6.15. The van der Waals surface area contributed by atoms with E-state index in [1.807, 2.05) is 12.3 Å². The largest absolute Gasteiger partial charge is 0.436 e. The van der Waals surface area contributed by atoms with Gasteiger partial charge in [-0.1, -0.05) is 19.9 Å². The zero-order valence-corrected chi connectivity index (χ0v) is 10.7. The number of nitrogens with zero attached hydrogens (tertiary/aromatic N) is 2. The molecule has 4 heteroatoms. The van der Waals surface area contributed by atoms with Gasteiger partial charge in [0.1, 0.15) is 5.52 Å². The first-order valence-corrected chi connectivity index (χ1v) is 6.15. The molecule has 19 heavy (non-hydrogen) atoms. The molecule has 0 N–H and O–H groups in total. The molecule has 0 fully saturated rings. The van der Waals surface area contributed by atoms with Gasteiger partial charge in [-0.05, 0) is 29.7 Å². The molecule has 0 unspecified atom stereocenters. The minimum Gasteiger partial charge on any atom is -0.436 e. The number of rotatable bonds is 2. The van der Waals surface area contributed by atoms with Gasteiger partial charge in [-0.2, -0.15) is 0 Å². The van der Waals surface area contributed by atoms with Crippen LogP contribution in [-0.2, 0) is 0 Å². The molecule has 3 rings (SSSR count). The summed E-state index contributed by atoms with van der Waals surface area (Å²) >= 11 is 0. The predicted molar refractivity (Wildman–Crippen MR) is 71.3 cm³/mol. The summed E-state index contributed by atoms with van der Waals surface area (Å²) in [5.41, 5.74) is 2.57. The summed E-state index contributed by atoms with van der Waals surface area (Å²) in [6.07, 6.45) is 3.49. The molecule has 2 aromatic heterocycles. The molecule has 0 saturated heterocycles. The van der Waals surface area contributed by atoms with Gasteiger partial charge in [0, 0.05) is 12.4 Å². The quantitative estimate of drug-likeness (QED) is 0.691. The Balaban J connectivity index is 2.14. The van der Waals surface area contributed by atoms with Gasteiger partial charge in [-0.25, -0.2) is 9.37 Å². The first kappa shape index (κ1) is 11.8. The lowest BCUT2D eigenvalue weighted by molar-refractivity contribution is 0.616. The maximum absolute atomic E-state index is 13.6. The second-order valence-electron chi connectivity index (χ2n) is 4.77. The van der Waals surface area contributed by atoms with Gasteiger partial charge in [0.2, 0.25) is 5.89 Å². The maximum atomic E-state index is 13.6. The van der Waals surface area contributed by atoms with Crippen molar-refractivity contribution in [3.05, 3.63) is 48.0 Å². The fraction of sp³-hybridized carbons (Fsp3) is 0.200. The molecule has 0 spiro atoms. The molecular formula is C15H13FN2O. The van der Waals surface area contributed by atoms with Crippen molar-refractivity contribution >= 4 is 11.1 Å². The number of para-hydroxylation sites is 1. The summed E-state index contributed by atoms with van der Waals surface area (Å²) in [6, 6.07) is 6.65. The zero-order valence-electron chi connectivity index (χ0n) is 10.7. The lowest BCUT2D eigenvalue weighted by Gasteiger charge is -2.04. The number of oxazole rings is 1. The highest BCUT2D eigenvalue weighted by atomic mass is 19.1. The van der Waals surface area contributed by atoms with E-state index in [9.17, 15) is 4.39 Å². The third-order valence-corrected chi connectivity index (χ3v) is 3.04. The van der Waals surface area contributed by atoms with Gasteiger partial charge in [-0.3, -0.25) is 4.98 Å². The fourth-order valence-corrected chi connectivity index (χ4v) is 1.93. The van der Waals surface area contributed by atoms with Gasteiger partial charge in [-0.15, -0.1) is 0 Å². The van der Waals surface area contributed by atoms with Gasteiger partial charge in [0.15, 0.2) is 11.4 Å². The molecular weight excluding hydrogens is 243 g/mol. The number of benzene rings is 1. The predicted octanol–water partition coefficient (Wildman–Crippen LogP) is 4.15. The molecule has 3 aromatic rings. The summed E-state index contributed by atoms with van der Waals surface area (Å²) in [4.78, 5) is 8.38. The van der Waals surface area contributed by atoms with E-state index in [-0.39, 0.29) is 11.3 Å². The molecule has 0 amide bonds. The van der Waals surface area contributed by atoms with Crippen molar-refractivity contribution in [2.75, 3.05) is 0 Å². The highest BCUT2D eigenvalue weighted by Crippen LogP contribution is 2.27. The van der Waals surface area contributed by atoms with Crippen LogP contribution in [0.25, 0.3) is 22.6 Å². The fourth-order valence-electron chi connectivity index (χ4n) is 1.93. The molecule has 0 atom stereocenters. The van der Waals surface area contributed by atoms with Crippen molar-refractivity contribution in [3.8, 4) is 11.5 Å². The standard InChI is InChI=1S/C15H13FN2O/c1-9(2)10-6-11(8-17-7-10)15-18-14-12(16)4-3-5-13(14)19-15/h3-9H,1-2H3. The molecule has 0 aliphatic carbocycles. The Kier molecular flexibility index (Phi) is 2.78. The van der Waals surface area contributed by atoms with Crippen molar-refractivity contribution in [1.82, 2.24) is 9.97 Å². The molecule has 0 aliphatic heterocycles. The van der Waals surface area contributed by atoms with Crippen LogP contribution < -0.4 is 0 Å². The first-order chi connectivity index (χ1) is 9.15. The summed E-state index contributed by atoms with van der Waals surface area (Å²) in [7, 11) is 0. The van der Waals surface area contributed by atoms with Crippen molar-refractivity contribution in [3.63, 3.8) is 0 Å². The molecule has 3 nitrogen and oxygen atoms in total. The van der Waals surface area contributed by atoms with Crippen molar-refractivity contribution in [2.45, 2.75) is 19.8 Å². The average molecular weight is 256 g/mol. The Morgan fingerprint density at radius 2 is 2.05 bits per heavy atom. The number of aromatic nitrogens is 2. The second kappa shape index (κ2) is 4.46. The minimum absolute atomic E-state index is 0.257. The van der Waals surface area contributed by atoms with Crippen LogP contribution >= 0.6 is 0 Å². The molecule has 96 valence electrons. The average Bonchev–Trinajstić information content (AvgIpc) is 2.84. The zero-order chi connectivity index (χ0) is 13.4. The molecule has 0 bridgehead atoms. The van der Waals surface area contributed by atoms with Crippen molar-refractivity contribution in [2.24, 2.45) is 0 Å². The van der Waals surface area contributed by atoms with E-state index in [0.717, 1.165) is 11.1 Å². The lowest BCUT2D eigenvalue weighted by atomic mass is 10.0. The van der Waals surface area contributed by atoms with Crippen LogP contribution in [-0.4, -0.2) is 9.97 Å². The third kappa shape index (κ3) is 2.10. The van der Waals surface area contributed by atoms with E-state index in [0.29, 0.717) is 17.4 Å². The Hall–Kier alpha value is -2.23. The van der Waals surface area contributed by atoms with Crippen LogP contribution in [0, 0.1) is 5.82 Å². The van der Waals surface area contributed by atoms with E-state index in [4.69, 9.17) is 4.42 Å². The van der Waals surface area contributed by atoms with Gasteiger partial charge in [0.25, 0.3) is 0 Å². The van der Waals surface area contributed by atoms with E-state index in [2.05, 4.69) is 23.8 Å². The Bertz CT molecular complexity index is 734. The number of fused-ring (bicyclic) bond motifs is 1. The van der Waals surface area contributed by atoms with Gasteiger partial charge >= 0.3 is 0 Å². The molecule has 0 aliphatic rings. The Labute approximate surface area is 110 Å². The third-order valence-electron chi connectivity index (χ3n) is 3.04. The monoisotopic (exact) mass is 256 g/mol. The SMILES string of the molecule is CC(C)c1cncc(-c2nc3c(F)cccc3o2)c1. The highest BCUT2D eigenvalue weighted by molar-refractivity contribution is 5.76. The summed E-state index contributed by atoms with van der Waals surface area (Å²) < 4.78 is 19.2. The van der Waals surface area contributed by atoms with Crippen LogP contribution in [0.15, 0.2) is 41.1 Å². The van der Waals surface area contributed by atoms with Crippen LogP contribution in [0.1, 0.15) is 25.3 Å². The lowest BCUT2D eigenvalue weighted by Crippen LogP contribution is -1.90. The van der Waals surface area contributed by atoms with E-state index >= 15 is 0 Å². The smallest absolute Gasteiger partial charge is 0.228 e. The number of pyridine rings is 1. The second-order valence-corrected chi connectivity index (χ2v) is 4.77. The number of hydrogen-bond acceptors (Lipinski definition) is 3. The minimum atomic E-state index is -0.375. The van der Waals surface area contributed by atoms with E-state index < -0.39 is 0 Å². The van der Waals surface area contributed by atoms with E-state index in [1.54, 1.807) is 18.3 Å². The van der Waals surface area contributed by atoms with Crippen LogP contribution in [0.4, 0.5) is 4.39 Å². The molecule has 0 radical (unpaired) electrons. The van der Waals surface area contributed by atoms with Crippen LogP contribution in [0.3, 0.4) is 0 Å². The van der Waals surface area contributed by atoms with Crippen molar-refractivity contribution < 1.29 is 8.81 Å². The molecule has 2 heterocycles. The maximum Gasteiger partial charge on any atom is 0.228 e. The highest BCUT2D eigenvalue weighted by Gasteiger charge is 2.12. The van der Waals surface area contributed by atoms with Crippen molar-refractivity contribution in [1.29, 1.82) is 0 Å². The van der Waals surface area contributed by atoms with Crippen LogP contribution in [0.2, 0.25) is 0 Å². The van der Waals surface area contributed by atoms with Crippen LogP contribution in [0.5, 0.6) is 0 Å². The van der Waals surface area contributed by atoms with Gasteiger partial charge < -0.3 is 4.42 Å². The molecule has 0 saturated carbocycles. The normalized spacial score (nSPS) is 11.4. The summed E-state index contributed by atoms with van der Waals surface area (Å²) in [6.45, 7) is 4.18. The topological polar surface area (TPSA) is 38.9 Å². The summed E-state index contributed by atoms with van der Waals surface area (Å²) in [5.74, 6) is 0.393. The Morgan fingerprint density at radius 1 is 1.21 bits per heavy atom. The van der Waals surface area contributed by atoms with Gasteiger partial charge in [0.05, 0.1) is 5.56 Å². The number of hydrogen-bond donors (Lipinski definition) is 0.